The van der Waals surface area contributed by atoms with E-state index in [1.54, 1.807) is 24.3 Å². The number of non-ortho nitro benzene ring substituents is 1. The van der Waals surface area contributed by atoms with E-state index in [9.17, 15) is 15.2 Å². The maximum Gasteiger partial charge on any atom is 0.270 e. The van der Waals surface area contributed by atoms with E-state index in [4.69, 9.17) is 11.1 Å². The molecule has 0 saturated carbocycles. The molecule has 1 heterocycles. The van der Waals surface area contributed by atoms with Crippen LogP contribution in [0.4, 0.5) is 5.69 Å². The number of nitro groups is 1. The highest BCUT2D eigenvalue weighted by atomic mass is 16.6. The second-order valence-corrected chi connectivity index (χ2v) is 6.91. The van der Waals surface area contributed by atoms with E-state index in [0.29, 0.717) is 27.9 Å². The molecule has 0 aliphatic heterocycles. The van der Waals surface area contributed by atoms with Gasteiger partial charge in [0, 0.05) is 39.7 Å². The highest BCUT2D eigenvalue weighted by Crippen LogP contribution is 2.40. The van der Waals surface area contributed by atoms with Gasteiger partial charge >= 0.3 is 0 Å². The van der Waals surface area contributed by atoms with Crippen molar-refractivity contribution >= 4 is 22.4 Å². The van der Waals surface area contributed by atoms with E-state index in [1.807, 2.05) is 31.2 Å². The zero-order valence-corrected chi connectivity index (χ0v) is 15.6. The van der Waals surface area contributed by atoms with E-state index in [-0.39, 0.29) is 17.3 Å². The number of hydrogen-bond acceptors (Lipinski definition) is 4. The highest BCUT2D eigenvalue weighted by Gasteiger charge is 2.16. The first-order chi connectivity index (χ1) is 13.8. The number of nitrogen functional groups attached to an aromatic ring is 1. The second-order valence-electron chi connectivity index (χ2n) is 6.91. The number of benzene rings is 3. The van der Waals surface area contributed by atoms with Gasteiger partial charge in [0.1, 0.15) is 11.6 Å². The number of phenols is 1. The molecule has 0 amide bonds. The predicted molar refractivity (Wildman–Crippen MR) is 113 cm³/mol. The zero-order chi connectivity index (χ0) is 20.7. The smallest absolute Gasteiger partial charge is 0.270 e. The lowest BCUT2D eigenvalue weighted by Gasteiger charge is -2.11. The molecule has 4 aromatic rings. The molecule has 0 fully saturated rings. The van der Waals surface area contributed by atoms with Crippen molar-refractivity contribution in [2.24, 2.45) is 5.73 Å². The molecule has 4 rings (SSSR count). The number of hydrogen-bond donors (Lipinski definition) is 4. The Morgan fingerprint density at radius 3 is 2.59 bits per heavy atom. The van der Waals surface area contributed by atoms with Gasteiger partial charge in [-0.15, -0.1) is 0 Å². The summed E-state index contributed by atoms with van der Waals surface area (Å²) in [5.41, 5.74) is 10.3. The molecule has 7 nitrogen and oxygen atoms in total. The maximum absolute atomic E-state index is 11.1. The number of H-pyrrole nitrogens is 1. The van der Waals surface area contributed by atoms with Crippen molar-refractivity contribution in [2.75, 3.05) is 0 Å². The van der Waals surface area contributed by atoms with Gasteiger partial charge < -0.3 is 15.8 Å². The maximum atomic E-state index is 11.1. The molecule has 0 saturated heterocycles. The zero-order valence-electron chi connectivity index (χ0n) is 15.6. The molecule has 5 N–H and O–H groups in total. The summed E-state index contributed by atoms with van der Waals surface area (Å²) in [4.78, 5) is 13.9. The first-order valence-electron chi connectivity index (χ1n) is 8.89. The molecule has 7 heteroatoms. The van der Waals surface area contributed by atoms with Gasteiger partial charge in [0.15, 0.2) is 0 Å². The molecule has 1 aromatic heterocycles. The lowest BCUT2D eigenvalue weighted by molar-refractivity contribution is -0.384. The van der Waals surface area contributed by atoms with Crippen LogP contribution < -0.4 is 5.73 Å². The SMILES string of the molecule is Cc1cc(-c2cccc([N+](=O)[O-])c2)c(O)c(-c2cc3cc(C(=N)N)ccc3[nH]2)c1. The molecule has 0 aliphatic carbocycles. The molecule has 0 bridgehead atoms. The van der Waals surface area contributed by atoms with Crippen LogP contribution in [-0.4, -0.2) is 20.8 Å². The number of nitro benzene ring substituents is 1. The number of aryl methyl sites for hydroxylation is 1. The van der Waals surface area contributed by atoms with Crippen molar-refractivity contribution in [3.05, 3.63) is 81.9 Å². The average Bonchev–Trinajstić information content (AvgIpc) is 3.12. The molecule has 29 heavy (non-hydrogen) atoms. The van der Waals surface area contributed by atoms with Gasteiger partial charge in [-0.05, 0) is 54.4 Å². The van der Waals surface area contributed by atoms with Crippen LogP contribution in [0.3, 0.4) is 0 Å². The van der Waals surface area contributed by atoms with Crippen molar-refractivity contribution < 1.29 is 10.0 Å². The van der Waals surface area contributed by atoms with Gasteiger partial charge in [0.25, 0.3) is 5.69 Å². The van der Waals surface area contributed by atoms with Crippen LogP contribution in [-0.2, 0) is 0 Å². The quantitative estimate of drug-likeness (QED) is 0.175. The Labute approximate surface area is 166 Å². The third-order valence-electron chi connectivity index (χ3n) is 4.84. The van der Waals surface area contributed by atoms with E-state index in [0.717, 1.165) is 16.5 Å². The molecule has 0 spiro atoms. The number of aromatic hydroxyl groups is 1. The van der Waals surface area contributed by atoms with Gasteiger partial charge in [-0.1, -0.05) is 12.1 Å². The summed E-state index contributed by atoms with van der Waals surface area (Å²) in [7, 11) is 0. The number of fused-ring (bicyclic) bond motifs is 1. The minimum absolute atomic E-state index is 0.0130. The van der Waals surface area contributed by atoms with Crippen molar-refractivity contribution in [1.29, 1.82) is 5.41 Å². The number of aromatic amines is 1. The Morgan fingerprint density at radius 1 is 1.10 bits per heavy atom. The third kappa shape index (κ3) is 3.29. The van der Waals surface area contributed by atoms with Crippen LogP contribution in [0.25, 0.3) is 33.3 Å². The lowest BCUT2D eigenvalue weighted by Crippen LogP contribution is -2.10. The molecule has 0 unspecified atom stereocenters. The topological polar surface area (TPSA) is 129 Å². The van der Waals surface area contributed by atoms with Crippen LogP contribution >= 0.6 is 0 Å². The number of nitrogens with zero attached hydrogens (tertiary/aromatic N) is 1. The molecule has 0 atom stereocenters. The number of phenolic OH excluding ortho intramolecular Hbond substituents is 1. The van der Waals surface area contributed by atoms with E-state index in [2.05, 4.69) is 4.98 Å². The van der Waals surface area contributed by atoms with Crippen molar-refractivity contribution in [3.8, 4) is 28.1 Å². The van der Waals surface area contributed by atoms with Gasteiger partial charge in [-0.3, -0.25) is 15.5 Å². The predicted octanol–water partition coefficient (Wildman–Crippen LogP) is 4.71. The van der Waals surface area contributed by atoms with E-state index >= 15 is 0 Å². The highest BCUT2D eigenvalue weighted by molar-refractivity contribution is 6.00. The third-order valence-corrected chi connectivity index (χ3v) is 4.84. The summed E-state index contributed by atoms with van der Waals surface area (Å²) in [5.74, 6) is 0.0236. The van der Waals surface area contributed by atoms with Crippen molar-refractivity contribution in [2.45, 2.75) is 6.92 Å². The van der Waals surface area contributed by atoms with Crippen molar-refractivity contribution in [3.63, 3.8) is 0 Å². The minimum atomic E-state index is -0.457. The summed E-state index contributed by atoms with van der Waals surface area (Å²) in [6, 6.07) is 17.1. The molecule has 3 aromatic carbocycles. The Hall–Kier alpha value is -4.13. The van der Waals surface area contributed by atoms with Crippen LogP contribution in [0.2, 0.25) is 0 Å². The molecular weight excluding hydrogens is 368 g/mol. The van der Waals surface area contributed by atoms with E-state index in [1.165, 1.54) is 12.1 Å². The van der Waals surface area contributed by atoms with Crippen LogP contribution in [0.15, 0.2) is 60.7 Å². The van der Waals surface area contributed by atoms with Crippen LogP contribution in [0.5, 0.6) is 5.75 Å². The fraction of sp³-hybridized carbons (Fsp3) is 0.0455. The molecular formula is C22H18N4O3. The summed E-state index contributed by atoms with van der Waals surface area (Å²) >= 11 is 0. The van der Waals surface area contributed by atoms with Crippen LogP contribution in [0.1, 0.15) is 11.1 Å². The standard InChI is InChI=1S/C22H18N4O3/c1-12-7-17(13-3-2-4-16(10-13)26(28)29)21(27)18(8-12)20-11-15-9-14(22(23)24)5-6-19(15)25-20/h2-11,25,27H,1H3,(H3,23,24). The summed E-state index contributed by atoms with van der Waals surface area (Å²) in [5, 5.41) is 30.5. The fourth-order valence-corrected chi connectivity index (χ4v) is 3.44. The number of nitrogens with one attached hydrogen (secondary N) is 2. The minimum Gasteiger partial charge on any atom is -0.507 e. The fourth-order valence-electron chi connectivity index (χ4n) is 3.44. The average molecular weight is 386 g/mol. The largest absolute Gasteiger partial charge is 0.507 e. The Balaban J connectivity index is 1.87. The number of amidine groups is 1. The van der Waals surface area contributed by atoms with Gasteiger partial charge in [0.05, 0.1) is 10.6 Å². The summed E-state index contributed by atoms with van der Waals surface area (Å²) in [6.45, 7) is 1.90. The summed E-state index contributed by atoms with van der Waals surface area (Å²) in [6.07, 6.45) is 0. The monoisotopic (exact) mass is 386 g/mol. The molecule has 0 aliphatic rings. The number of aromatic nitrogens is 1. The van der Waals surface area contributed by atoms with Gasteiger partial charge in [-0.2, -0.15) is 0 Å². The lowest BCUT2D eigenvalue weighted by atomic mass is 9.97. The first-order valence-corrected chi connectivity index (χ1v) is 8.89. The number of rotatable bonds is 4. The molecule has 0 radical (unpaired) electrons. The molecule has 144 valence electrons. The second kappa shape index (κ2) is 6.79. The Bertz CT molecular complexity index is 1290. The van der Waals surface area contributed by atoms with Crippen LogP contribution in [0, 0.1) is 22.4 Å². The first kappa shape index (κ1) is 18.2. The van der Waals surface area contributed by atoms with Gasteiger partial charge in [0.2, 0.25) is 0 Å². The van der Waals surface area contributed by atoms with Gasteiger partial charge in [-0.25, -0.2) is 0 Å². The Morgan fingerprint density at radius 2 is 1.86 bits per heavy atom. The summed E-state index contributed by atoms with van der Waals surface area (Å²) < 4.78 is 0. The Kier molecular flexibility index (Phi) is 4.27. The van der Waals surface area contributed by atoms with Crippen molar-refractivity contribution in [1.82, 2.24) is 4.98 Å². The normalized spacial score (nSPS) is 10.9. The van der Waals surface area contributed by atoms with E-state index < -0.39 is 4.92 Å². The number of nitrogens with two attached hydrogens (primary N) is 1.